The summed E-state index contributed by atoms with van der Waals surface area (Å²) >= 11 is 9.21. The second-order valence-corrected chi connectivity index (χ2v) is 6.97. The zero-order valence-electron chi connectivity index (χ0n) is 13.0. The quantitative estimate of drug-likeness (QED) is 0.450. The first-order valence-electron chi connectivity index (χ1n) is 7.61. The van der Waals surface area contributed by atoms with Crippen LogP contribution in [0.2, 0.25) is 5.02 Å². The van der Waals surface area contributed by atoms with Gasteiger partial charge in [-0.25, -0.2) is 16.3 Å². The van der Waals surface area contributed by atoms with Gasteiger partial charge < -0.3 is 5.11 Å². The number of amides is 1. The molecule has 8 heteroatoms. The molecule has 0 aliphatic carbocycles. The van der Waals surface area contributed by atoms with E-state index in [-0.39, 0.29) is 17.7 Å². The number of rotatable bonds is 4. The molecule has 1 fully saturated rings. The molecule has 1 heterocycles. The molecule has 1 saturated heterocycles. The third-order valence-electron chi connectivity index (χ3n) is 3.86. The third kappa shape index (κ3) is 4.58. The summed E-state index contributed by atoms with van der Waals surface area (Å²) in [6.45, 7) is 0. The third-order valence-corrected chi connectivity index (χ3v) is 4.61. The molecule has 130 valence electrons. The lowest BCUT2D eigenvalue weighted by Gasteiger charge is -2.09. The minimum absolute atomic E-state index is 0.0196. The molecular weight excluding hydrogens is 408 g/mol. The highest BCUT2D eigenvalue weighted by molar-refractivity contribution is 9.10. The number of nitrogens with zero attached hydrogens (tertiary/aromatic N) is 1. The molecule has 0 aromatic heterocycles. The van der Waals surface area contributed by atoms with E-state index in [9.17, 15) is 9.90 Å². The molecule has 2 aromatic rings. The predicted molar refractivity (Wildman–Crippen MR) is 100 cm³/mol. The summed E-state index contributed by atoms with van der Waals surface area (Å²) in [6, 6.07) is 12.1. The molecule has 6 nitrogen and oxygen atoms in total. The number of carbonyl (C=O) groups is 1. The Labute approximate surface area is 158 Å². The average molecular weight is 424 g/mol. The lowest BCUT2D eigenvalue weighted by atomic mass is 10.0. The molecular formula is C17H16BrClN4O2. The van der Waals surface area contributed by atoms with Crippen LogP contribution in [-0.2, 0) is 4.79 Å². The van der Waals surface area contributed by atoms with E-state index in [1.54, 1.807) is 18.2 Å². The van der Waals surface area contributed by atoms with Crippen molar-refractivity contribution in [3.63, 3.8) is 0 Å². The Morgan fingerprint density at radius 3 is 2.80 bits per heavy atom. The second kappa shape index (κ2) is 7.97. The van der Waals surface area contributed by atoms with Crippen LogP contribution in [0.25, 0.3) is 0 Å². The van der Waals surface area contributed by atoms with E-state index in [0.717, 1.165) is 10.0 Å². The van der Waals surface area contributed by atoms with Crippen LogP contribution in [-0.4, -0.2) is 23.3 Å². The van der Waals surface area contributed by atoms with Crippen LogP contribution in [0.4, 0.5) is 0 Å². The molecule has 25 heavy (non-hydrogen) atoms. The van der Waals surface area contributed by atoms with E-state index in [0.29, 0.717) is 17.0 Å². The minimum atomic E-state index is -0.408. The smallest absolute Gasteiger partial charge is 0.258 e. The lowest BCUT2D eigenvalue weighted by Crippen LogP contribution is -2.41. The number of phenols is 1. The van der Waals surface area contributed by atoms with Crippen molar-refractivity contribution >= 4 is 39.7 Å². The van der Waals surface area contributed by atoms with Crippen LogP contribution in [0.5, 0.6) is 5.75 Å². The number of hydrogen-bond donors (Lipinski definition) is 4. The molecule has 2 aromatic carbocycles. The largest absolute Gasteiger partial charge is 0.507 e. The van der Waals surface area contributed by atoms with Crippen molar-refractivity contribution in [1.82, 2.24) is 16.3 Å². The first-order valence-corrected chi connectivity index (χ1v) is 8.78. The van der Waals surface area contributed by atoms with Gasteiger partial charge in [0.1, 0.15) is 11.8 Å². The molecule has 0 radical (unpaired) electrons. The van der Waals surface area contributed by atoms with E-state index in [2.05, 4.69) is 37.3 Å². The number of aromatic hydroxyl groups is 1. The Bertz CT molecular complexity index is 798. The van der Waals surface area contributed by atoms with Crippen LogP contribution in [0.3, 0.4) is 0 Å². The van der Waals surface area contributed by atoms with Crippen molar-refractivity contribution < 1.29 is 9.90 Å². The zero-order valence-corrected chi connectivity index (χ0v) is 15.4. The minimum Gasteiger partial charge on any atom is -0.507 e. The highest BCUT2D eigenvalue weighted by Crippen LogP contribution is 2.24. The van der Waals surface area contributed by atoms with Crippen LogP contribution in [0, 0.1) is 0 Å². The number of hydrogen-bond acceptors (Lipinski definition) is 5. The van der Waals surface area contributed by atoms with Gasteiger partial charge in [-0.3, -0.25) is 4.79 Å². The van der Waals surface area contributed by atoms with Gasteiger partial charge in [0.25, 0.3) is 5.91 Å². The molecule has 0 spiro atoms. The van der Waals surface area contributed by atoms with E-state index < -0.39 is 6.04 Å². The summed E-state index contributed by atoms with van der Waals surface area (Å²) in [5.74, 6) is -0.167. The van der Waals surface area contributed by atoms with Gasteiger partial charge in [-0.2, -0.15) is 5.10 Å². The van der Waals surface area contributed by atoms with Crippen molar-refractivity contribution in [3.8, 4) is 5.75 Å². The summed E-state index contributed by atoms with van der Waals surface area (Å²) in [6.07, 6.45) is 1.99. The van der Waals surface area contributed by atoms with Crippen molar-refractivity contribution in [1.29, 1.82) is 0 Å². The van der Waals surface area contributed by atoms with Gasteiger partial charge in [-0.15, -0.1) is 0 Å². The maximum Gasteiger partial charge on any atom is 0.258 e. The topological polar surface area (TPSA) is 85.8 Å². The fourth-order valence-corrected chi connectivity index (χ4v) is 3.02. The monoisotopic (exact) mass is 422 g/mol. The first-order chi connectivity index (χ1) is 12.0. The van der Waals surface area contributed by atoms with Crippen LogP contribution < -0.4 is 16.3 Å². The number of carbonyl (C=O) groups excluding carboxylic acids is 1. The van der Waals surface area contributed by atoms with Crippen molar-refractivity contribution in [2.24, 2.45) is 5.10 Å². The normalized spacial score (nSPS) is 20.1. The van der Waals surface area contributed by atoms with Crippen LogP contribution in [0.15, 0.2) is 52.0 Å². The number of nitrogens with one attached hydrogen (secondary N) is 3. The van der Waals surface area contributed by atoms with Crippen molar-refractivity contribution in [2.45, 2.75) is 18.5 Å². The summed E-state index contributed by atoms with van der Waals surface area (Å²) in [4.78, 5) is 12.2. The Hall–Kier alpha value is -1.93. The highest BCUT2D eigenvalue weighted by atomic mass is 79.9. The van der Waals surface area contributed by atoms with Gasteiger partial charge in [0.2, 0.25) is 0 Å². The van der Waals surface area contributed by atoms with Gasteiger partial charge in [0, 0.05) is 21.1 Å². The summed E-state index contributed by atoms with van der Waals surface area (Å²) in [5.41, 5.74) is 10.1. The first kappa shape index (κ1) is 17.9. The van der Waals surface area contributed by atoms with E-state index in [1.807, 2.05) is 24.3 Å². The van der Waals surface area contributed by atoms with E-state index in [4.69, 9.17) is 11.6 Å². The van der Waals surface area contributed by atoms with Gasteiger partial charge in [0.15, 0.2) is 0 Å². The fraction of sp³-hybridized carbons (Fsp3) is 0.176. The number of halogens is 2. The van der Waals surface area contributed by atoms with Gasteiger partial charge in [-0.1, -0.05) is 39.7 Å². The number of hydrazine groups is 1. The fourth-order valence-electron chi connectivity index (χ4n) is 2.51. The average Bonchev–Trinajstić information content (AvgIpc) is 3.08. The molecule has 2 atom stereocenters. The molecule has 1 aliphatic heterocycles. The number of phenolic OH excluding ortho intramolecular Hbond substituents is 1. The number of benzene rings is 2. The standard InChI is InChI=1S/C17H16BrClN4O2/c18-12-3-6-16(24)11(7-12)9-20-23-17(25)15-8-14(21-22-15)10-1-4-13(19)5-2-10/h1-7,9,14-15,21-22,24H,8H2,(H,23,25)/b20-9+. The highest BCUT2D eigenvalue weighted by Gasteiger charge is 2.29. The van der Waals surface area contributed by atoms with Crippen molar-refractivity contribution in [2.75, 3.05) is 0 Å². The Morgan fingerprint density at radius 2 is 2.04 bits per heavy atom. The molecule has 2 unspecified atom stereocenters. The van der Waals surface area contributed by atoms with E-state index in [1.165, 1.54) is 6.21 Å². The lowest BCUT2D eigenvalue weighted by molar-refractivity contribution is -0.122. The molecule has 3 rings (SSSR count). The summed E-state index contributed by atoms with van der Waals surface area (Å²) in [7, 11) is 0. The van der Waals surface area contributed by atoms with Crippen molar-refractivity contribution in [3.05, 3.63) is 63.1 Å². The predicted octanol–water partition coefficient (Wildman–Crippen LogP) is 2.87. The van der Waals surface area contributed by atoms with E-state index >= 15 is 0 Å². The zero-order chi connectivity index (χ0) is 17.8. The SMILES string of the molecule is O=C(N/N=C/c1cc(Br)ccc1O)C1CC(c2ccc(Cl)cc2)NN1. The van der Waals surface area contributed by atoms with Crippen LogP contribution in [0.1, 0.15) is 23.6 Å². The summed E-state index contributed by atoms with van der Waals surface area (Å²) in [5, 5.41) is 14.3. The van der Waals surface area contributed by atoms with Gasteiger partial charge in [-0.05, 0) is 42.3 Å². The molecule has 0 bridgehead atoms. The van der Waals surface area contributed by atoms with Gasteiger partial charge in [0.05, 0.1) is 6.21 Å². The molecule has 0 saturated carbocycles. The summed E-state index contributed by atoms with van der Waals surface area (Å²) < 4.78 is 0.811. The second-order valence-electron chi connectivity index (χ2n) is 5.62. The maximum absolute atomic E-state index is 12.2. The number of hydrazone groups is 1. The molecule has 1 aliphatic rings. The Balaban J connectivity index is 1.56. The maximum atomic E-state index is 12.2. The molecule has 4 N–H and O–H groups in total. The Morgan fingerprint density at radius 1 is 1.28 bits per heavy atom. The van der Waals surface area contributed by atoms with Crippen LogP contribution >= 0.6 is 27.5 Å². The molecule has 1 amide bonds. The van der Waals surface area contributed by atoms with Gasteiger partial charge >= 0.3 is 0 Å². The Kier molecular flexibility index (Phi) is 5.70.